The SMILES string of the molecule is COC(=O)NC(C(=O)N1CCC[C@H]1c1ncc(-c2ccc3cc(-c4ccc(-c5cnc([C@@H]6C[C@@H](C)CN6C(=O)[C@H](NC(=O)OC)c6ccccc6)[nH]5)cc4)ccc3c2)[nH]1)C1CCOCC1. The van der Waals surface area contributed by atoms with Gasteiger partial charge in [-0.2, -0.15) is 0 Å². The Kier molecular flexibility index (Phi) is 12.6. The van der Waals surface area contributed by atoms with Gasteiger partial charge in [-0.3, -0.25) is 9.59 Å². The minimum Gasteiger partial charge on any atom is -0.453 e. The zero-order valence-electron chi connectivity index (χ0n) is 36.8. The molecule has 1 unspecified atom stereocenters. The van der Waals surface area contributed by atoms with Gasteiger partial charge in [-0.05, 0) is 89.1 Å². The highest BCUT2D eigenvalue weighted by atomic mass is 16.5. The van der Waals surface area contributed by atoms with E-state index in [0.717, 1.165) is 69.5 Å². The van der Waals surface area contributed by atoms with Gasteiger partial charge in [0.2, 0.25) is 5.91 Å². The van der Waals surface area contributed by atoms with Crippen LogP contribution in [0.5, 0.6) is 0 Å². The van der Waals surface area contributed by atoms with Crippen LogP contribution in [0.2, 0.25) is 0 Å². The quantitative estimate of drug-likeness (QED) is 0.0999. The molecule has 5 heterocycles. The fraction of sp³-hybridized carbons (Fsp3) is 0.360. The fourth-order valence-corrected chi connectivity index (χ4v) is 9.67. The number of benzene rings is 4. The lowest BCUT2D eigenvalue weighted by atomic mass is 9.90. The van der Waals surface area contributed by atoms with Gasteiger partial charge in [-0.15, -0.1) is 0 Å². The number of imidazole rings is 2. The molecule has 336 valence electrons. The first kappa shape index (κ1) is 43.3. The van der Waals surface area contributed by atoms with Gasteiger partial charge in [0, 0.05) is 31.9 Å². The zero-order chi connectivity index (χ0) is 45.0. The summed E-state index contributed by atoms with van der Waals surface area (Å²) in [4.78, 5) is 72.9. The minimum absolute atomic E-state index is 0.0313. The number of hydrogen-bond acceptors (Lipinski definition) is 9. The highest BCUT2D eigenvalue weighted by molar-refractivity contribution is 5.91. The molecule has 3 aliphatic heterocycles. The minimum atomic E-state index is -0.894. The molecule has 0 bridgehead atoms. The average Bonchev–Trinajstić information content (AvgIpc) is 4.20. The molecule has 6 aromatic rings. The van der Waals surface area contributed by atoms with Crippen molar-refractivity contribution in [1.82, 2.24) is 40.4 Å². The number of aromatic nitrogens is 4. The summed E-state index contributed by atoms with van der Waals surface area (Å²) in [7, 11) is 2.59. The van der Waals surface area contributed by atoms with Crippen molar-refractivity contribution >= 4 is 34.8 Å². The van der Waals surface area contributed by atoms with Crippen molar-refractivity contribution in [2.45, 2.75) is 63.2 Å². The number of H-pyrrole nitrogens is 2. The molecule has 0 saturated carbocycles. The number of carbonyl (C=O) groups is 4. The first-order chi connectivity index (χ1) is 31.7. The Hall–Kier alpha value is -7.00. The highest BCUT2D eigenvalue weighted by Crippen LogP contribution is 2.38. The second-order valence-electron chi connectivity index (χ2n) is 17.3. The molecule has 5 atom stereocenters. The first-order valence-corrected chi connectivity index (χ1v) is 22.3. The van der Waals surface area contributed by atoms with E-state index in [9.17, 15) is 19.2 Å². The smallest absolute Gasteiger partial charge is 0.407 e. The number of methoxy groups -OCH3 is 2. The van der Waals surface area contributed by atoms with Crippen LogP contribution in [0.3, 0.4) is 0 Å². The van der Waals surface area contributed by atoms with Crippen molar-refractivity contribution in [3.8, 4) is 33.6 Å². The molecule has 4 N–H and O–H groups in total. The molecule has 4 aromatic carbocycles. The Morgan fingerprint density at radius 2 is 1.29 bits per heavy atom. The van der Waals surface area contributed by atoms with Crippen molar-refractivity contribution in [1.29, 1.82) is 0 Å². The summed E-state index contributed by atoms with van der Waals surface area (Å²) in [6, 6.07) is 28.2. The Labute approximate surface area is 377 Å². The number of nitrogens with zero attached hydrogens (tertiary/aromatic N) is 4. The third-order valence-corrected chi connectivity index (χ3v) is 13.1. The number of rotatable bonds is 11. The summed E-state index contributed by atoms with van der Waals surface area (Å²) < 4.78 is 15.3. The third-order valence-electron chi connectivity index (χ3n) is 13.1. The molecule has 65 heavy (non-hydrogen) atoms. The van der Waals surface area contributed by atoms with Gasteiger partial charge in [-0.25, -0.2) is 19.6 Å². The lowest BCUT2D eigenvalue weighted by Crippen LogP contribution is -2.53. The standard InChI is InChI=1S/C50H54N8O7/c1-30-24-42(58(29-30)48(60)43(55-49(61)63-2)33-8-5-4-6-9-33)46-52-27-39(53-46)32-13-11-31(12-14-32)35-15-16-37-26-38(18-17-36(37)25-35)40-28-51-45(54-40)41-10-7-21-57(41)47(59)44(56-50(62)64-3)34-19-22-65-23-20-34/h4-6,8-9,11-18,25-28,30,34,41-44H,7,10,19-24,29H2,1-3H3,(H,51,54)(H,52,53)(H,55,61)(H,56,62)/t30-,41+,42+,43-,44?/m1/s1. The lowest BCUT2D eigenvalue weighted by Gasteiger charge is -2.34. The van der Waals surface area contributed by atoms with Gasteiger partial charge in [0.05, 0.1) is 50.1 Å². The zero-order valence-corrected chi connectivity index (χ0v) is 36.8. The number of amides is 4. The van der Waals surface area contributed by atoms with Crippen LogP contribution < -0.4 is 10.6 Å². The van der Waals surface area contributed by atoms with E-state index in [2.05, 4.69) is 88.2 Å². The van der Waals surface area contributed by atoms with Crippen molar-refractivity contribution in [2.24, 2.45) is 11.8 Å². The van der Waals surface area contributed by atoms with E-state index in [1.54, 1.807) is 0 Å². The molecule has 0 aliphatic carbocycles. The fourth-order valence-electron chi connectivity index (χ4n) is 9.67. The van der Waals surface area contributed by atoms with Crippen LogP contribution >= 0.6 is 0 Å². The number of fused-ring (bicyclic) bond motifs is 1. The second kappa shape index (κ2) is 19.0. The summed E-state index contributed by atoms with van der Waals surface area (Å²) in [6.45, 7) is 4.36. The maximum absolute atomic E-state index is 14.1. The van der Waals surface area contributed by atoms with Crippen molar-refractivity contribution in [2.75, 3.05) is 40.5 Å². The lowest BCUT2D eigenvalue weighted by molar-refractivity contribution is -0.137. The molecule has 0 radical (unpaired) electrons. The predicted octanol–water partition coefficient (Wildman–Crippen LogP) is 8.11. The average molecular weight is 879 g/mol. The van der Waals surface area contributed by atoms with Gasteiger partial charge in [0.1, 0.15) is 23.7 Å². The number of ether oxygens (including phenoxy) is 3. The molecular weight excluding hydrogens is 825 g/mol. The largest absolute Gasteiger partial charge is 0.453 e. The van der Waals surface area contributed by atoms with E-state index < -0.39 is 24.3 Å². The Balaban J connectivity index is 0.875. The Morgan fingerprint density at radius 3 is 1.98 bits per heavy atom. The molecule has 3 saturated heterocycles. The maximum atomic E-state index is 14.1. The summed E-state index contributed by atoms with van der Waals surface area (Å²) in [5, 5.41) is 7.73. The van der Waals surface area contributed by atoms with E-state index in [1.165, 1.54) is 14.2 Å². The number of hydrogen-bond donors (Lipinski definition) is 4. The summed E-state index contributed by atoms with van der Waals surface area (Å²) in [6.07, 6.45) is 6.09. The number of nitrogens with one attached hydrogen (secondary N) is 4. The van der Waals surface area contributed by atoms with E-state index in [0.29, 0.717) is 50.5 Å². The van der Waals surface area contributed by atoms with Gasteiger partial charge in [-0.1, -0.05) is 85.8 Å². The van der Waals surface area contributed by atoms with Gasteiger partial charge >= 0.3 is 12.2 Å². The topological polar surface area (TPSA) is 184 Å². The summed E-state index contributed by atoms with van der Waals surface area (Å²) in [5.41, 5.74) is 6.51. The Morgan fingerprint density at radius 1 is 0.692 bits per heavy atom. The maximum Gasteiger partial charge on any atom is 0.407 e. The van der Waals surface area contributed by atoms with Crippen LogP contribution in [-0.2, 0) is 23.8 Å². The molecule has 15 heteroatoms. The molecule has 0 spiro atoms. The predicted molar refractivity (Wildman–Crippen MR) is 244 cm³/mol. The first-order valence-electron chi connectivity index (χ1n) is 22.3. The normalized spacial score (nSPS) is 19.8. The van der Waals surface area contributed by atoms with E-state index in [1.807, 2.05) is 52.5 Å². The summed E-state index contributed by atoms with van der Waals surface area (Å²) in [5.74, 6) is 1.31. The van der Waals surface area contributed by atoms with Gasteiger partial charge < -0.3 is 44.6 Å². The van der Waals surface area contributed by atoms with Crippen molar-refractivity contribution < 1.29 is 33.4 Å². The van der Waals surface area contributed by atoms with E-state index in [-0.39, 0.29) is 35.7 Å². The van der Waals surface area contributed by atoms with Crippen LogP contribution in [0.1, 0.15) is 74.4 Å². The highest BCUT2D eigenvalue weighted by Gasteiger charge is 2.41. The number of alkyl carbamates (subject to hydrolysis) is 2. The Bertz CT molecular complexity index is 2660. The molecule has 2 aromatic heterocycles. The molecule has 15 nitrogen and oxygen atoms in total. The van der Waals surface area contributed by atoms with Crippen molar-refractivity contribution in [3.05, 3.63) is 121 Å². The third kappa shape index (κ3) is 9.19. The molecule has 3 fully saturated rings. The van der Waals surface area contributed by atoms with Crippen LogP contribution in [0.25, 0.3) is 44.4 Å². The molecular formula is C50H54N8O7. The van der Waals surface area contributed by atoms with Gasteiger partial charge in [0.25, 0.3) is 5.91 Å². The number of carbonyl (C=O) groups excluding carboxylic acids is 4. The van der Waals surface area contributed by atoms with Crippen LogP contribution in [0.15, 0.2) is 103 Å². The number of aromatic amines is 2. The van der Waals surface area contributed by atoms with Crippen LogP contribution in [0.4, 0.5) is 9.59 Å². The molecule has 4 amide bonds. The van der Waals surface area contributed by atoms with E-state index >= 15 is 0 Å². The second-order valence-corrected chi connectivity index (χ2v) is 17.3. The van der Waals surface area contributed by atoms with Crippen molar-refractivity contribution in [3.63, 3.8) is 0 Å². The molecule has 3 aliphatic rings. The van der Waals surface area contributed by atoms with E-state index in [4.69, 9.17) is 24.2 Å². The molecule has 9 rings (SSSR count). The number of likely N-dealkylation sites (tertiary alicyclic amines) is 2. The summed E-state index contributed by atoms with van der Waals surface area (Å²) >= 11 is 0. The van der Waals surface area contributed by atoms with Crippen LogP contribution in [-0.4, -0.2) is 100 Å². The van der Waals surface area contributed by atoms with Gasteiger partial charge in [0.15, 0.2) is 0 Å². The van der Waals surface area contributed by atoms with Crippen LogP contribution in [0, 0.1) is 11.8 Å². The monoisotopic (exact) mass is 878 g/mol.